The van der Waals surface area contributed by atoms with Crippen molar-refractivity contribution in [2.45, 2.75) is 112 Å². The van der Waals surface area contributed by atoms with Crippen molar-refractivity contribution in [2.75, 3.05) is 18.5 Å². The number of halogens is 17. The van der Waals surface area contributed by atoms with Crippen molar-refractivity contribution < 1.29 is 87.0 Å². The van der Waals surface area contributed by atoms with Crippen molar-refractivity contribution in [1.82, 2.24) is 0 Å². The van der Waals surface area contributed by atoms with Gasteiger partial charge in [0.2, 0.25) is 0 Å². The molecule has 1 aromatic carbocycles. The number of benzene rings is 1. The molecule has 0 atom stereocenters. The molecule has 0 N–H and O–H groups in total. The Hall–Kier alpha value is -1.63. The van der Waals surface area contributed by atoms with Gasteiger partial charge in [-0.2, -0.15) is 0 Å². The Bertz CT molecular complexity index is 1330. The molecule has 0 saturated heterocycles. The van der Waals surface area contributed by atoms with Crippen LogP contribution in [0.1, 0.15) is 64.9 Å². The summed E-state index contributed by atoms with van der Waals surface area (Å²) in [5.41, 5.74) is 0.165. The Labute approximate surface area is 271 Å². The van der Waals surface area contributed by atoms with Crippen LogP contribution in [-0.2, 0) is 20.3 Å². The standard InChI is InChI=1S/C27H34F17O3PS/c1-4-7-15-48(16-8-5-2,17-9-6-3,18-19-13-11-10-12-14-19)47-49(45,46)27(43,44)25(38,39)23(34,35)21(30,31)20(28,29)22(32,33)24(36,37)26(40,41)42/h10-14H,4-9,15-18H2,1-3H3. The fourth-order valence-corrected chi connectivity index (χ4v) is 14.8. The molecule has 0 aliphatic heterocycles. The normalized spacial score (nSPS) is 16.0. The Morgan fingerprint density at radius 2 is 0.857 bits per heavy atom. The average molecular weight is 793 g/mol. The van der Waals surface area contributed by atoms with Gasteiger partial charge in [-0.3, -0.25) is 0 Å². The van der Waals surface area contributed by atoms with E-state index in [9.17, 15) is 74.3 Å². The van der Waals surface area contributed by atoms with Gasteiger partial charge in [-0.05, 0) is 0 Å². The predicted molar refractivity (Wildman–Crippen MR) is 147 cm³/mol. The van der Waals surface area contributed by atoms with Gasteiger partial charge in [-0.1, -0.05) is 0 Å². The molecule has 0 aliphatic carbocycles. The Morgan fingerprint density at radius 1 is 0.531 bits per heavy atom. The Morgan fingerprint density at radius 3 is 1.18 bits per heavy atom. The zero-order chi connectivity index (χ0) is 38.8. The van der Waals surface area contributed by atoms with Gasteiger partial charge in [0, 0.05) is 0 Å². The van der Waals surface area contributed by atoms with Gasteiger partial charge in [0.05, 0.1) is 0 Å². The van der Waals surface area contributed by atoms with Gasteiger partial charge in [0.25, 0.3) is 0 Å². The monoisotopic (exact) mass is 792 g/mol. The van der Waals surface area contributed by atoms with Crippen LogP contribution in [0.3, 0.4) is 0 Å². The molecule has 0 saturated carbocycles. The topological polar surface area (TPSA) is 43.4 Å². The summed E-state index contributed by atoms with van der Waals surface area (Å²) in [5, 5.41) is -7.71. The fraction of sp³-hybridized carbons (Fsp3) is 0.778. The molecule has 0 spiro atoms. The van der Waals surface area contributed by atoms with E-state index in [1.165, 1.54) is 51.1 Å². The molecule has 0 amide bonds. The van der Waals surface area contributed by atoms with Gasteiger partial charge < -0.3 is 0 Å². The molecule has 1 rings (SSSR count). The molecule has 22 heteroatoms. The zero-order valence-corrected chi connectivity index (χ0v) is 27.7. The van der Waals surface area contributed by atoms with Crippen molar-refractivity contribution in [3.05, 3.63) is 35.9 Å². The van der Waals surface area contributed by atoms with Crippen molar-refractivity contribution in [1.29, 1.82) is 0 Å². The third-order valence-corrected chi connectivity index (χ3v) is 16.8. The quantitative estimate of drug-likeness (QED) is 0.0976. The summed E-state index contributed by atoms with van der Waals surface area (Å²) in [6.45, 7) is -0.478. The first-order valence-electron chi connectivity index (χ1n) is 14.5. The van der Waals surface area contributed by atoms with Gasteiger partial charge in [0.15, 0.2) is 0 Å². The molecule has 49 heavy (non-hydrogen) atoms. The molecular formula is C27H34F17O3PS. The van der Waals surface area contributed by atoms with Crippen molar-refractivity contribution in [3.63, 3.8) is 0 Å². The molecule has 290 valence electrons. The summed E-state index contributed by atoms with van der Waals surface area (Å²) >= 11 is 0. The number of hydrogen-bond acceptors (Lipinski definition) is 3. The van der Waals surface area contributed by atoms with Crippen LogP contribution in [-0.4, -0.2) is 73.9 Å². The summed E-state index contributed by atoms with van der Waals surface area (Å²) in [7, 11) is -7.72. The summed E-state index contributed by atoms with van der Waals surface area (Å²) in [5.74, 6) is -52.0. The second-order valence-corrected chi connectivity index (χ2v) is 19.1. The van der Waals surface area contributed by atoms with Crippen LogP contribution in [0.5, 0.6) is 0 Å². The van der Waals surface area contributed by atoms with Crippen molar-refractivity contribution >= 4 is 16.9 Å². The van der Waals surface area contributed by atoms with Crippen LogP contribution in [0.4, 0.5) is 74.6 Å². The number of rotatable bonds is 20. The molecule has 0 fully saturated rings. The summed E-state index contributed by atoms with van der Waals surface area (Å²) in [4.78, 5) is 0. The van der Waals surface area contributed by atoms with Crippen LogP contribution >= 0.6 is 6.83 Å². The van der Waals surface area contributed by atoms with E-state index in [2.05, 4.69) is 0 Å². The molecular weight excluding hydrogens is 758 g/mol. The van der Waals surface area contributed by atoms with Crippen molar-refractivity contribution in [3.8, 4) is 0 Å². The van der Waals surface area contributed by atoms with Gasteiger partial charge in [0.1, 0.15) is 0 Å². The predicted octanol–water partition coefficient (Wildman–Crippen LogP) is 11.4. The number of hydrogen-bond donors (Lipinski definition) is 0. The minimum atomic E-state index is -8.90. The van der Waals surface area contributed by atoms with Crippen LogP contribution in [0.2, 0.25) is 0 Å². The molecule has 0 unspecified atom stereocenters. The second kappa shape index (κ2) is 14.4. The van der Waals surface area contributed by atoms with Gasteiger partial charge >= 0.3 is 271 Å². The maximum absolute atomic E-state index is 15.3. The van der Waals surface area contributed by atoms with Crippen LogP contribution in [0.15, 0.2) is 30.3 Å². The van der Waals surface area contributed by atoms with E-state index in [4.69, 9.17) is 3.97 Å². The summed E-state index contributed by atoms with van der Waals surface area (Å²) in [6, 6.07) is 6.90. The van der Waals surface area contributed by atoms with E-state index in [0.29, 0.717) is 0 Å². The van der Waals surface area contributed by atoms with Crippen LogP contribution in [0.25, 0.3) is 0 Å². The van der Waals surface area contributed by atoms with Gasteiger partial charge in [-0.25, -0.2) is 0 Å². The van der Waals surface area contributed by atoms with E-state index in [0.717, 1.165) is 0 Å². The first kappa shape index (κ1) is 45.4. The van der Waals surface area contributed by atoms with E-state index in [1.807, 2.05) is 0 Å². The molecule has 1 aromatic rings. The maximum atomic E-state index is 15.3. The third-order valence-electron chi connectivity index (χ3n) is 7.97. The Balaban J connectivity index is 4.07. The SMILES string of the molecule is CCCCP(CCCC)(CCCC)(Cc1ccccc1)OS(=O)(=O)C(F)(F)C(F)(F)C(F)(F)C(F)(F)C(F)(F)C(F)(F)C(F)(F)C(F)(F)F. The third kappa shape index (κ3) is 7.63. The molecule has 0 aromatic heterocycles. The Kier molecular flexibility index (Phi) is 13.4. The van der Waals surface area contributed by atoms with E-state index < -0.39 is 88.6 Å². The molecule has 0 aliphatic rings. The number of unbranched alkanes of at least 4 members (excludes halogenated alkanes) is 3. The fourth-order valence-electron chi connectivity index (χ4n) is 5.06. The van der Waals surface area contributed by atoms with E-state index in [-0.39, 0.29) is 44.1 Å². The summed E-state index contributed by atoms with van der Waals surface area (Å²) in [6.07, 6.45) is -9.49. The average Bonchev–Trinajstić information content (AvgIpc) is 2.97. The molecule has 0 heterocycles. The molecule has 0 bridgehead atoms. The zero-order valence-electron chi connectivity index (χ0n) is 26.0. The van der Waals surface area contributed by atoms with Crippen molar-refractivity contribution in [2.24, 2.45) is 0 Å². The molecule has 3 nitrogen and oxygen atoms in total. The minimum absolute atomic E-state index is 0.0570. The van der Waals surface area contributed by atoms with Crippen LogP contribution < -0.4 is 0 Å². The first-order chi connectivity index (χ1) is 21.8. The first-order valence-corrected chi connectivity index (χ1v) is 18.8. The summed E-state index contributed by atoms with van der Waals surface area (Å²) < 4.78 is 268. The second-order valence-electron chi connectivity index (χ2n) is 11.7. The van der Waals surface area contributed by atoms with Gasteiger partial charge in [-0.15, -0.1) is 0 Å². The molecule has 0 radical (unpaired) electrons. The van der Waals surface area contributed by atoms with Crippen LogP contribution in [0, 0.1) is 0 Å². The number of alkyl halides is 17. The van der Waals surface area contributed by atoms with E-state index >= 15 is 8.78 Å². The van der Waals surface area contributed by atoms with E-state index in [1.54, 1.807) is 0 Å².